The van der Waals surface area contributed by atoms with E-state index in [0.717, 1.165) is 5.57 Å². The minimum Gasteiger partial charge on any atom is -0.488 e. The molecule has 1 amide bonds. The van der Waals surface area contributed by atoms with Crippen molar-refractivity contribution in [2.45, 2.75) is 0 Å². The van der Waals surface area contributed by atoms with Crippen LogP contribution in [0.3, 0.4) is 0 Å². The smallest absolute Gasteiger partial charge is 0.252 e. The molecule has 0 fully saturated rings. The van der Waals surface area contributed by atoms with Crippen LogP contribution in [-0.2, 0) is 0 Å². The van der Waals surface area contributed by atoms with E-state index in [-0.39, 0.29) is 0 Å². The number of ether oxygens (including phenoxy) is 1. The van der Waals surface area contributed by atoms with Crippen molar-refractivity contribution in [3.8, 4) is 5.75 Å². The molecule has 4 heteroatoms. The van der Waals surface area contributed by atoms with Crippen LogP contribution in [0.1, 0.15) is 10.4 Å². The van der Waals surface area contributed by atoms with Gasteiger partial charge in [-0.25, -0.2) is 0 Å². The van der Waals surface area contributed by atoms with Crippen LogP contribution in [0.25, 0.3) is 0 Å². The summed E-state index contributed by atoms with van der Waals surface area (Å²) in [6.07, 6.45) is 0. The zero-order chi connectivity index (χ0) is 12.0. The average Bonchev–Trinajstić information content (AvgIpc) is 2.27. The van der Waals surface area contributed by atoms with Gasteiger partial charge in [0.05, 0.1) is 5.56 Å². The quantitative estimate of drug-likeness (QED) is 0.701. The van der Waals surface area contributed by atoms with Crippen molar-refractivity contribution in [1.82, 2.24) is 5.32 Å². The lowest BCUT2D eigenvalue weighted by Gasteiger charge is -2.10. The molecular formula is C12H16N2O2. The van der Waals surface area contributed by atoms with E-state index in [1.54, 1.807) is 24.3 Å². The summed E-state index contributed by atoms with van der Waals surface area (Å²) in [6, 6.07) is 6.89. The molecule has 3 N–H and O–H groups in total. The van der Waals surface area contributed by atoms with Crippen LogP contribution in [0.5, 0.6) is 5.75 Å². The van der Waals surface area contributed by atoms with Gasteiger partial charge < -0.3 is 15.8 Å². The van der Waals surface area contributed by atoms with E-state index in [2.05, 4.69) is 11.9 Å². The fraction of sp³-hybridized carbons (Fsp3) is 0.250. The van der Waals surface area contributed by atoms with Gasteiger partial charge in [0, 0.05) is 6.54 Å². The van der Waals surface area contributed by atoms with Gasteiger partial charge in [-0.3, -0.25) is 4.79 Å². The molecule has 0 heterocycles. The maximum absolute atomic E-state index is 11.1. The predicted octanol–water partition coefficient (Wildman–Crippen LogP) is 0.940. The fourth-order valence-corrected chi connectivity index (χ4v) is 1.28. The molecule has 0 saturated heterocycles. The van der Waals surface area contributed by atoms with Crippen molar-refractivity contribution in [3.05, 3.63) is 42.0 Å². The summed E-state index contributed by atoms with van der Waals surface area (Å²) >= 11 is 0. The summed E-state index contributed by atoms with van der Waals surface area (Å²) < 4.78 is 5.47. The molecule has 1 rings (SSSR count). The maximum Gasteiger partial charge on any atom is 0.252 e. The monoisotopic (exact) mass is 220 g/mol. The molecule has 0 spiro atoms. The Morgan fingerprint density at radius 1 is 1.50 bits per heavy atom. The molecule has 0 aliphatic rings. The molecule has 1 aromatic carbocycles. The van der Waals surface area contributed by atoms with Crippen LogP contribution in [-0.4, -0.2) is 26.1 Å². The van der Waals surface area contributed by atoms with Gasteiger partial charge in [0.2, 0.25) is 0 Å². The van der Waals surface area contributed by atoms with E-state index in [9.17, 15) is 4.79 Å². The molecule has 0 aliphatic carbocycles. The lowest BCUT2D eigenvalue weighted by Crippen LogP contribution is -2.17. The van der Waals surface area contributed by atoms with Gasteiger partial charge in [-0.15, -0.1) is 0 Å². The van der Waals surface area contributed by atoms with Crippen LogP contribution < -0.4 is 15.8 Å². The molecule has 0 atom stereocenters. The number of likely N-dealkylation sites (N-methyl/N-ethyl adjacent to an activating group) is 1. The van der Waals surface area contributed by atoms with Gasteiger partial charge in [0.25, 0.3) is 5.91 Å². The van der Waals surface area contributed by atoms with Crippen molar-refractivity contribution in [2.24, 2.45) is 5.73 Å². The molecule has 0 bridgehead atoms. The molecule has 0 saturated carbocycles. The molecular weight excluding hydrogens is 204 g/mol. The standard InChI is InChI=1S/C12H16N2O2/c1-9(7-14-2)8-16-11-6-4-3-5-10(11)12(13)15/h3-6,14H,1,7-8H2,2H3,(H2,13,15). The van der Waals surface area contributed by atoms with Crippen LogP contribution in [0, 0.1) is 0 Å². The number of hydrogen-bond acceptors (Lipinski definition) is 3. The minimum absolute atomic E-state index is 0.366. The molecule has 0 radical (unpaired) electrons. The van der Waals surface area contributed by atoms with Gasteiger partial charge in [0.15, 0.2) is 0 Å². The Morgan fingerprint density at radius 3 is 2.81 bits per heavy atom. The second-order valence-electron chi connectivity index (χ2n) is 3.43. The predicted molar refractivity (Wildman–Crippen MR) is 63.5 cm³/mol. The summed E-state index contributed by atoms with van der Waals surface area (Å²) in [5.74, 6) is 0.00193. The van der Waals surface area contributed by atoms with Crippen LogP contribution in [0.4, 0.5) is 0 Å². The van der Waals surface area contributed by atoms with E-state index in [1.165, 1.54) is 0 Å². The number of amides is 1. The average molecular weight is 220 g/mol. The third-order valence-corrected chi connectivity index (χ3v) is 2.01. The normalized spacial score (nSPS) is 9.81. The third kappa shape index (κ3) is 3.40. The van der Waals surface area contributed by atoms with Gasteiger partial charge in [-0.05, 0) is 24.8 Å². The molecule has 16 heavy (non-hydrogen) atoms. The highest BCUT2D eigenvalue weighted by Gasteiger charge is 2.08. The minimum atomic E-state index is -0.491. The number of carbonyl (C=O) groups is 1. The second-order valence-corrected chi connectivity index (χ2v) is 3.43. The molecule has 0 unspecified atom stereocenters. The Hall–Kier alpha value is -1.81. The van der Waals surface area contributed by atoms with E-state index in [0.29, 0.717) is 24.5 Å². The van der Waals surface area contributed by atoms with Gasteiger partial charge in [-0.2, -0.15) is 0 Å². The van der Waals surface area contributed by atoms with E-state index in [1.807, 2.05) is 7.05 Å². The van der Waals surface area contributed by atoms with Crippen LogP contribution >= 0.6 is 0 Å². The highest BCUT2D eigenvalue weighted by Crippen LogP contribution is 2.17. The fourth-order valence-electron chi connectivity index (χ4n) is 1.28. The van der Waals surface area contributed by atoms with Gasteiger partial charge >= 0.3 is 0 Å². The number of nitrogens with one attached hydrogen (secondary N) is 1. The molecule has 4 nitrogen and oxygen atoms in total. The summed E-state index contributed by atoms with van der Waals surface area (Å²) in [7, 11) is 1.84. The molecule has 0 aromatic heterocycles. The van der Waals surface area contributed by atoms with E-state index < -0.39 is 5.91 Å². The number of primary amides is 1. The Morgan fingerprint density at radius 2 is 2.19 bits per heavy atom. The zero-order valence-corrected chi connectivity index (χ0v) is 9.32. The lowest BCUT2D eigenvalue weighted by atomic mass is 10.2. The van der Waals surface area contributed by atoms with E-state index >= 15 is 0 Å². The van der Waals surface area contributed by atoms with Crippen molar-refractivity contribution < 1.29 is 9.53 Å². The number of rotatable bonds is 6. The number of nitrogens with two attached hydrogens (primary N) is 1. The highest BCUT2D eigenvalue weighted by atomic mass is 16.5. The van der Waals surface area contributed by atoms with Crippen LogP contribution in [0.2, 0.25) is 0 Å². The number of para-hydroxylation sites is 1. The maximum atomic E-state index is 11.1. The first-order chi connectivity index (χ1) is 7.65. The Bertz CT molecular complexity index is 388. The van der Waals surface area contributed by atoms with Crippen LogP contribution in [0.15, 0.2) is 36.4 Å². The van der Waals surface area contributed by atoms with Crippen molar-refractivity contribution >= 4 is 5.91 Å². The third-order valence-electron chi connectivity index (χ3n) is 2.01. The summed E-state index contributed by atoms with van der Waals surface area (Å²) in [5.41, 5.74) is 6.52. The Kier molecular flexibility index (Phi) is 4.54. The van der Waals surface area contributed by atoms with Crippen molar-refractivity contribution in [2.75, 3.05) is 20.2 Å². The second kappa shape index (κ2) is 5.92. The number of benzene rings is 1. The molecule has 86 valence electrons. The summed E-state index contributed by atoms with van der Waals surface area (Å²) in [6.45, 7) is 4.88. The molecule has 0 aliphatic heterocycles. The number of carbonyl (C=O) groups excluding carboxylic acids is 1. The zero-order valence-electron chi connectivity index (χ0n) is 9.32. The first kappa shape index (κ1) is 12.3. The Labute approximate surface area is 95.1 Å². The Balaban J connectivity index is 2.66. The summed E-state index contributed by atoms with van der Waals surface area (Å²) in [5, 5.41) is 2.97. The summed E-state index contributed by atoms with van der Waals surface area (Å²) in [4.78, 5) is 11.1. The van der Waals surface area contributed by atoms with Gasteiger partial charge in [0.1, 0.15) is 12.4 Å². The van der Waals surface area contributed by atoms with E-state index in [4.69, 9.17) is 10.5 Å². The van der Waals surface area contributed by atoms with Crippen molar-refractivity contribution in [3.63, 3.8) is 0 Å². The topological polar surface area (TPSA) is 64.3 Å². The first-order valence-electron chi connectivity index (χ1n) is 4.98. The van der Waals surface area contributed by atoms with Crippen molar-refractivity contribution in [1.29, 1.82) is 0 Å². The first-order valence-corrected chi connectivity index (χ1v) is 4.98. The number of hydrogen-bond donors (Lipinski definition) is 2. The van der Waals surface area contributed by atoms with Gasteiger partial charge in [-0.1, -0.05) is 18.7 Å². The SMILES string of the molecule is C=C(CNC)COc1ccccc1C(N)=O. The lowest BCUT2D eigenvalue weighted by molar-refractivity contribution is 0.0997. The molecule has 1 aromatic rings. The largest absolute Gasteiger partial charge is 0.488 e. The highest BCUT2D eigenvalue weighted by molar-refractivity contribution is 5.95.